The summed E-state index contributed by atoms with van der Waals surface area (Å²) in [6, 6.07) is 15.9. The Morgan fingerprint density at radius 1 is 1.14 bits per heavy atom. The Kier molecular flexibility index (Phi) is 5.67. The SMILES string of the molecule is Cc1ccc2c(c1)[C@H]1CN(C)CC[C@H]1N2C(=O)CCCNC(=O)c1ccccc1. The van der Waals surface area contributed by atoms with E-state index in [1.807, 2.05) is 23.1 Å². The second-order valence-corrected chi connectivity index (χ2v) is 8.28. The number of carbonyl (C=O) groups is 2. The van der Waals surface area contributed by atoms with E-state index in [9.17, 15) is 9.59 Å². The van der Waals surface area contributed by atoms with Crippen LogP contribution >= 0.6 is 0 Å². The van der Waals surface area contributed by atoms with Crippen LogP contribution in [0.1, 0.15) is 46.7 Å². The molecule has 2 heterocycles. The van der Waals surface area contributed by atoms with Crippen LogP contribution in [0.2, 0.25) is 0 Å². The summed E-state index contributed by atoms with van der Waals surface area (Å²) in [5.41, 5.74) is 4.29. The molecule has 1 fully saturated rings. The molecule has 2 aromatic carbocycles. The number of likely N-dealkylation sites (N-methyl/N-ethyl adjacent to an activating group) is 1. The highest BCUT2D eigenvalue weighted by atomic mass is 16.2. The molecule has 29 heavy (non-hydrogen) atoms. The maximum atomic E-state index is 13.1. The normalized spacial score (nSPS) is 20.8. The molecule has 0 bridgehead atoms. The van der Waals surface area contributed by atoms with Crippen LogP contribution in [0.25, 0.3) is 0 Å². The highest BCUT2D eigenvalue weighted by Gasteiger charge is 2.43. The van der Waals surface area contributed by atoms with E-state index < -0.39 is 0 Å². The number of nitrogens with zero attached hydrogens (tertiary/aromatic N) is 2. The number of rotatable bonds is 5. The molecule has 0 saturated carbocycles. The molecule has 0 unspecified atom stereocenters. The van der Waals surface area contributed by atoms with Crippen molar-refractivity contribution in [3.8, 4) is 0 Å². The Hall–Kier alpha value is -2.66. The molecule has 4 rings (SSSR count). The topological polar surface area (TPSA) is 52.6 Å². The summed E-state index contributed by atoms with van der Waals surface area (Å²) < 4.78 is 0. The number of aryl methyl sites for hydroxylation is 1. The zero-order valence-electron chi connectivity index (χ0n) is 17.2. The average molecular weight is 392 g/mol. The summed E-state index contributed by atoms with van der Waals surface area (Å²) in [5, 5.41) is 2.92. The van der Waals surface area contributed by atoms with Gasteiger partial charge in [0.05, 0.1) is 0 Å². The molecule has 1 N–H and O–H groups in total. The lowest BCUT2D eigenvalue weighted by atomic mass is 9.89. The molecular weight excluding hydrogens is 362 g/mol. The lowest BCUT2D eigenvalue weighted by Gasteiger charge is -2.36. The molecule has 2 aliphatic rings. The fourth-order valence-electron chi connectivity index (χ4n) is 4.66. The van der Waals surface area contributed by atoms with Gasteiger partial charge in [0.2, 0.25) is 5.91 Å². The fraction of sp³-hybridized carbons (Fsp3) is 0.417. The van der Waals surface area contributed by atoms with Crippen molar-refractivity contribution in [2.24, 2.45) is 0 Å². The lowest BCUT2D eigenvalue weighted by molar-refractivity contribution is -0.119. The smallest absolute Gasteiger partial charge is 0.251 e. The number of anilines is 1. The van der Waals surface area contributed by atoms with Gasteiger partial charge in [0.15, 0.2) is 0 Å². The molecule has 2 aliphatic heterocycles. The van der Waals surface area contributed by atoms with Crippen LogP contribution in [0.3, 0.4) is 0 Å². The maximum absolute atomic E-state index is 13.1. The molecule has 0 radical (unpaired) electrons. The Morgan fingerprint density at radius 2 is 1.93 bits per heavy atom. The van der Waals surface area contributed by atoms with Crippen molar-refractivity contribution in [2.45, 2.75) is 38.1 Å². The summed E-state index contributed by atoms with van der Waals surface area (Å²) in [6.45, 7) is 4.63. The Bertz CT molecular complexity index is 896. The van der Waals surface area contributed by atoms with Gasteiger partial charge in [-0.15, -0.1) is 0 Å². The van der Waals surface area contributed by atoms with Crippen LogP contribution in [0.5, 0.6) is 0 Å². The summed E-state index contributed by atoms with van der Waals surface area (Å²) in [5.74, 6) is 0.474. The van der Waals surface area contributed by atoms with E-state index in [0.717, 1.165) is 25.2 Å². The molecule has 5 nitrogen and oxygen atoms in total. The third-order valence-corrected chi connectivity index (χ3v) is 6.11. The second-order valence-electron chi connectivity index (χ2n) is 8.28. The van der Waals surface area contributed by atoms with E-state index >= 15 is 0 Å². The van der Waals surface area contributed by atoms with Gasteiger partial charge in [-0.1, -0.05) is 35.9 Å². The predicted molar refractivity (Wildman–Crippen MR) is 115 cm³/mol. The number of hydrogen-bond donors (Lipinski definition) is 1. The molecule has 1 saturated heterocycles. The molecule has 0 aliphatic carbocycles. The quantitative estimate of drug-likeness (QED) is 0.796. The third-order valence-electron chi connectivity index (χ3n) is 6.11. The van der Waals surface area contributed by atoms with Gasteiger partial charge in [-0.2, -0.15) is 0 Å². The van der Waals surface area contributed by atoms with Gasteiger partial charge in [-0.05, 0) is 57.1 Å². The predicted octanol–water partition coefficient (Wildman–Crippen LogP) is 3.34. The number of benzene rings is 2. The number of nitrogens with one attached hydrogen (secondary N) is 1. The van der Waals surface area contributed by atoms with E-state index in [1.165, 1.54) is 11.1 Å². The molecule has 2 atom stereocenters. The van der Waals surface area contributed by atoms with Crippen molar-refractivity contribution in [1.82, 2.24) is 10.2 Å². The summed E-state index contributed by atoms with van der Waals surface area (Å²) in [7, 11) is 2.16. The molecule has 5 heteroatoms. The zero-order chi connectivity index (χ0) is 20.4. The summed E-state index contributed by atoms with van der Waals surface area (Å²) in [4.78, 5) is 29.7. The van der Waals surface area contributed by atoms with Gasteiger partial charge in [0.25, 0.3) is 5.91 Å². The lowest BCUT2D eigenvalue weighted by Crippen LogP contribution is -2.47. The highest BCUT2D eigenvalue weighted by molar-refractivity contribution is 5.97. The van der Waals surface area contributed by atoms with Crippen molar-refractivity contribution < 1.29 is 9.59 Å². The highest BCUT2D eigenvalue weighted by Crippen LogP contribution is 2.45. The third kappa shape index (κ3) is 4.06. The minimum Gasteiger partial charge on any atom is -0.352 e. The van der Waals surface area contributed by atoms with Crippen LogP contribution in [-0.2, 0) is 4.79 Å². The van der Waals surface area contributed by atoms with E-state index in [1.54, 1.807) is 12.1 Å². The fourth-order valence-corrected chi connectivity index (χ4v) is 4.66. The van der Waals surface area contributed by atoms with Crippen molar-refractivity contribution in [1.29, 1.82) is 0 Å². The number of hydrogen-bond acceptors (Lipinski definition) is 3. The minimum atomic E-state index is -0.0876. The van der Waals surface area contributed by atoms with Gasteiger partial charge in [0.1, 0.15) is 0 Å². The maximum Gasteiger partial charge on any atom is 0.251 e. The zero-order valence-corrected chi connectivity index (χ0v) is 17.2. The van der Waals surface area contributed by atoms with E-state index in [0.29, 0.717) is 30.9 Å². The van der Waals surface area contributed by atoms with E-state index in [4.69, 9.17) is 0 Å². The molecular formula is C24H29N3O2. The number of fused-ring (bicyclic) bond motifs is 3. The molecule has 0 spiro atoms. The average Bonchev–Trinajstić information content (AvgIpc) is 3.04. The molecule has 2 aromatic rings. The van der Waals surface area contributed by atoms with E-state index in [2.05, 4.69) is 42.4 Å². The Balaban J connectivity index is 1.39. The van der Waals surface area contributed by atoms with E-state index in [-0.39, 0.29) is 17.9 Å². The van der Waals surface area contributed by atoms with Crippen LogP contribution in [0.15, 0.2) is 48.5 Å². The van der Waals surface area contributed by atoms with Gasteiger partial charge >= 0.3 is 0 Å². The largest absolute Gasteiger partial charge is 0.352 e. The van der Waals surface area contributed by atoms with Crippen LogP contribution in [-0.4, -0.2) is 49.4 Å². The summed E-state index contributed by atoms with van der Waals surface area (Å²) >= 11 is 0. The monoisotopic (exact) mass is 391 g/mol. The standard InChI is InChI=1S/C24H29N3O2/c1-17-10-11-21-19(15-17)20-16-26(2)14-12-22(20)27(21)23(28)9-6-13-25-24(29)18-7-4-3-5-8-18/h3-5,7-8,10-11,15,20,22H,6,9,12-14,16H2,1-2H3,(H,25,29)/t20-,22-/m1/s1. The number of likely N-dealkylation sites (tertiary alicyclic amines) is 1. The van der Waals surface area contributed by atoms with Crippen LogP contribution in [0, 0.1) is 6.92 Å². The summed E-state index contributed by atoms with van der Waals surface area (Å²) in [6.07, 6.45) is 2.10. The first-order valence-corrected chi connectivity index (χ1v) is 10.5. The molecule has 152 valence electrons. The first-order chi connectivity index (χ1) is 14.0. The van der Waals surface area contributed by atoms with Crippen molar-refractivity contribution >= 4 is 17.5 Å². The van der Waals surface area contributed by atoms with Crippen molar-refractivity contribution in [2.75, 3.05) is 31.6 Å². The Labute approximate surface area is 172 Å². The van der Waals surface area contributed by atoms with Crippen molar-refractivity contribution in [3.05, 3.63) is 65.2 Å². The Morgan fingerprint density at radius 3 is 2.72 bits per heavy atom. The van der Waals surface area contributed by atoms with Gasteiger partial charge < -0.3 is 15.1 Å². The molecule has 0 aromatic heterocycles. The number of amides is 2. The second kappa shape index (κ2) is 8.37. The first-order valence-electron chi connectivity index (χ1n) is 10.5. The first kappa shape index (κ1) is 19.6. The van der Waals surface area contributed by atoms with Gasteiger partial charge in [0, 0.05) is 42.7 Å². The van der Waals surface area contributed by atoms with Gasteiger partial charge in [-0.3, -0.25) is 9.59 Å². The van der Waals surface area contributed by atoms with Crippen LogP contribution < -0.4 is 10.2 Å². The minimum absolute atomic E-state index is 0.0876. The van der Waals surface area contributed by atoms with Gasteiger partial charge in [-0.25, -0.2) is 0 Å². The van der Waals surface area contributed by atoms with Crippen molar-refractivity contribution in [3.63, 3.8) is 0 Å². The number of piperidine rings is 1. The van der Waals surface area contributed by atoms with Crippen LogP contribution in [0.4, 0.5) is 5.69 Å². The molecule has 2 amide bonds. The number of carbonyl (C=O) groups excluding carboxylic acids is 2.